The molecule has 2 rings (SSSR count). The van der Waals surface area contributed by atoms with Gasteiger partial charge < -0.3 is 20.4 Å². The Hall–Kier alpha value is -2.41. The van der Waals surface area contributed by atoms with Crippen molar-refractivity contribution in [1.29, 1.82) is 0 Å². The summed E-state index contributed by atoms with van der Waals surface area (Å²) in [5.41, 5.74) is 5.44. The Morgan fingerprint density at radius 2 is 1.07 bits per heavy atom. The minimum absolute atomic E-state index is 0. The molecule has 0 radical (unpaired) electrons. The molecule has 0 aliphatic rings. The second-order valence-electron chi connectivity index (χ2n) is 5.39. The van der Waals surface area contributed by atoms with Gasteiger partial charge in [0, 0.05) is 0 Å². The van der Waals surface area contributed by atoms with Crippen LogP contribution in [0.5, 0.6) is 0 Å². The van der Waals surface area contributed by atoms with Gasteiger partial charge in [0.25, 0.3) is 0 Å². The number of aryl methyl sites for hydroxylation is 4. The number of carbonyl (C=O) groups is 2. The van der Waals surface area contributed by atoms with Crippen molar-refractivity contribution in [2.75, 3.05) is 0 Å². The van der Waals surface area contributed by atoms with Crippen LogP contribution in [0.3, 0.4) is 0 Å². The van der Waals surface area contributed by atoms with E-state index in [1.165, 1.54) is 22.3 Å². The Labute approximate surface area is 178 Å². The Balaban J connectivity index is -0.000000282. The van der Waals surface area contributed by atoms with Gasteiger partial charge in [-0.25, -0.2) is 32.8 Å². The zero-order valence-corrected chi connectivity index (χ0v) is 19.5. The Morgan fingerprint density at radius 1 is 0.852 bits per heavy atom. The fourth-order valence-electron chi connectivity index (χ4n) is 1.44. The molecule has 0 amide bonds. The first-order valence-corrected chi connectivity index (χ1v) is 7.45. The molecule has 0 aliphatic carbocycles. The third-order valence-electron chi connectivity index (χ3n) is 2.61. The number of aliphatic carboxylic acids is 2. The van der Waals surface area contributed by atoms with Crippen LogP contribution in [0.2, 0.25) is 0 Å². The van der Waals surface area contributed by atoms with Crippen molar-refractivity contribution in [3.05, 3.63) is 83.3 Å². The van der Waals surface area contributed by atoms with Crippen LogP contribution < -0.4 is 10.2 Å². The van der Waals surface area contributed by atoms with Gasteiger partial charge in [-0.05, 0) is 11.5 Å². The molecular formula is C20H24HfO6. The largest absolute Gasteiger partial charge is 4.00 e. The monoisotopic (exact) mass is 540 g/mol. The Bertz CT molecular complexity index is 605. The van der Waals surface area contributed by atoms with Crippen LogP contribution in [-0.2, 0) is 35.4 Å². The van der Waals surface area contributed by atoms with Gasteiger partial charge in [0.05, 0.1) is 0 Å². The fraction of sp³-hybridized carbons (Fsp3) is 0.200. The van der Waals surface area contributed by atoms with Gasteiger partial charge in [-0.15, -0.1) is 0 Å². The first kappa shape index (κ1) is 29.4. The van der Waals surface area contributed by atoms with Gasteiger partial charge in [-0.2, -0.15) is 35.4 Å². The van der Waals surface area contributed by atoms with Crippen molar-refractivity contribution < 1.29 is 55.9 Å². The van der Waals surface area contributed by atoms with Gasteiger partial charge in [0.2, 0.25) is 0 Å². The number of hydrogen-bond donors (Lipinski definition) is 2. The topological polar surface area (TPSA) is 121 Å². The van der Waals surface area contributed by atoms with Gasteiger partial charge in [-0.3, -0.25) is 0 Å². The van der Waals surface area contributed by atoms with Crippen molar-refractivity contribution in [2.24, 2.45) is 0 Å². The molecule has 0 atom stereocenters. The molecule has 0 saturated heterocycles. The van der Waals surface area contributed by atoms with E-state index in [2.05, 4.69) is 77.3 Å². The predicted octanol–water partition coefficient (Wildman–Crippen LogP) is 1.93. The molecule has 0 saturated carbocycles. The molecule has 0 heterocycles. The van der Waals surface area contributed by atoms with E-state index >= 15 is 0 Å². The standard InChI is InChI=1S/2C7H9.2C3H4O3.Hf/c2*1-6-3-4-7(2)5-6;2*1-2(4)3(5)6;/h2*3-5H,1-2H3;2*4H,1H2,(H,5,6);/q2*-1;;;+4/p-2. The summed E-state index contributed by atoms with van der Waals surface area (Å²) in [6, 6.07) is 12.8. The van der Waals surface area contributed by atoms with E-state index in [1.54, 1.807) is 0 Å². The number of rotatable bonds is 2. The Kier molecular flexibility index (Phi) is 17.2. The first-order chi connectivity index (χ1) is 11.9. The van der Waals surface area contributed by atoms with E-state index in [-0.39, 0.29) is 25.8 Å². The van der Waals surface area contributed by atoms with Crippen molar-refractivity contribution in [2.45, 2.75) is 27.7 Å². The molecule has 2 aromatic rings. The third-order valence-corrected chi connectivity index (χ3v) is 2.61. The molecule has 2 aromatic carbocycles. The minimum atomic E-state index is -1.49. The average molecular weight is 539 g/mol. The summed E-state index contributed by atoms with van der Waals surface area (Å²) < 4.78 is 0. The van der Waals surface area contributed by atoms with Crippen LogP contribution in [0, 0.1) is 27.7 Å². The third kappa shape index (κ3) is 19.8. The predicted molar refractivity (Wildman–Crippen MR) is 96.6 cm³/mol. The maximum Gasteiger partial charge on any atom is 4.00 e. The molecule has 27 heavy (non-hydrogen) atoms. The smallest absolute Gasteiger partial charge is 0.868 e. The van der Waals surface area contributed by atoms with E-state index in [1.807, 2.05) is 0 Å². The SMILES string of the molecule is C=C([O-])C(=O)O.C=C([O-])C(=O)O.Cc1cc[c-](C)c1.Cc1cc[c-](C)c1.[Hf+4]. The second-order valence-corrected chi connectivity index (χ2v) is 5.39. The quantitative estimate of drug-likeness (QED) is 0.261. The molecule has 0 unspecified atom stereocenters. The molecule has 0 spiro atoms. The van der Waals surface area contributed by atoms with Crippen molar-refractivity contribution in [1.82, 2.24) is 0 Å². The van der Waals surface area contributed by atoms with E-state index in [4.69, 9.17) is 10.2 Å². The van der Waals surface area contributed by atoms with Crippen LogP contribution in [-0.4, -0.2) is 22.2 Å². The van der Waals surface area contributed by atoms with Crippen molar-refractivity contribution in [3.8, 4) is 0 Å². The van der Waals surface area contributed by atoms with E-state index in [0.29, 0.717) is 0 Å². The number of carboxylic acids is 2. The Morgan fingerprint density at radius 3 is 1.11 bits per heavy atom. The van der Waals surface area contributed by atoms with Crippen molar-refractivity contribution in [3.63, 3.8) is 0 Å². The zero-order valence-electron chi connectivity index (χ0n) is 15.9. The van der Waals surface area contributed by atoms with Crippen LogP contribution >= 0.6 is 0 Å². The number of hydrogen-bond acceptors (Lipinski definition) is 4. The zero-order chi connectivity index (χ0) is 20.9. The molecule has 0 bridgehead atoms. The summed E-state index contributed by atoms with van der Waals surface area (Å²) in [4.78, 5) is 18.6. The summed E-state index contributed by atoms with van der Waals surface area (Å²) in [7, 11) is 0. The first-order valence-electron chi connectivity index (χ1n) is 7.45. The van der Waals surface area contributed by atoms with Gasteiger partial charge in [-0.1, -0.05) is 40.9 Å². The van der Waals surface area contributed by atoms with Gasteiger partial charge >= 0.3 is 37.8 Å². The van der Waals surface area contributed by atoms with E-state index in [0.717, 1.165) is 0 Å². The normalized spacial score (nSPS) is 8.15. The van der Waals surface area contributed by atoms with Gasteiger partial charge in [0.1, 0.15) is 0 Å². The van der Waals surface area contributed by atoms with Crippen LogP contribution in [0.1, 0.15) is 22.3 Å². The molecule has 6 nitrogen and oxygen atoms in total. The maximum atomic E-state index is 9.43. The van der Waals surface area contributed by atoms with Crippen LogP contribution in [0.4, 0.5) is 0 Å². The van der Waals surface area contributed by atoms with E-state index in [9.17, 15) is 19.8 Å². The average Bonchev–Trinajstić information content (AvgIpc) is 3.08. The van der Waals surface area contributed by atoms with E-state index < -0.39 is 23.5 Å². The van der Waals surface area contributed by atoms with Gasteiger partial charge in [0.15, 0.2) is 0 Å². The van der Waals surface area contributed by atoms with Crippen LogP contribution in [0.25, 0.3) is 0 Å². The number of carboxylic acid groups (broad SMARTS) is 2. The van der Waals surface area contributed by atoms with Crippen LogP contribution in [0.15, 0.2) is 61.1 Å². The summed E-state index contributed by atoms with van der Waals surface area (Å²) in [5.74, 6) is -5.13. The summed E-state index contributed by atoms with van der Waals surface area (Å²) in [6.07, 6.45) is 0. The fourth-order valence-corrected chi connectivity index (χ4v) is 1.44. The summed E-state index contributed by atoms with van der Waals surface area (Å²) in [6.45, 7) is 13.6. The molecule has 7 heteroatoms. The molecule has 144 valence electrons. The molecule has 0 fully saturated rings. The minimum Gasteiger partial charge on any atom is -0.868 e. The molecule has 2 N–H and O–H groups in total. The van der Waals surface area contributed by atoms with Crippen molar-refractivity contribution >= 4 is 11.9 Å². The summed E-state index contributed by atoms with van der Waals surface area (Å²) in [5, 5.41) is 34.0. The molecule has 0 aromatic heterocycles. The second kappa shape index (κ2) is 15.8. The maximum absolute atomic E-state index is 9.43. The summed E-state index contributed by atoms with van der Waals surface area (Å²) >= 11 is 0. The molecule has 0 aliphatic heterocycles. The molecular weight excluding hydrogens is 515 g/mol.